The maximum absolute atomic E-state index is 4.82. The van der Waals surface area contributed by atoms with E-state index in [0.29, 0.717) is 6.61 Å². The zero-order valence-electron chi connectivity index (χ0n) is 5.22. The van der Waals surface area contributed by atoms with Crippen LogP contribution >= 0.6 is 0 Å². The molecule has 0 aliphatic carbocycles. The number of nitrogens with one attached hydrogen (secondary N) is 1. The van der Waals surface area contributed by atoms with Crippen LogP contribution in [-0.2, 0) is 11.4 Å². The lowest BCUT2D eigenvalue weighted by Gasteiger charge is -1.87. The number of rotatable bonds is 2. The van der Waals surface area contributed by atoms with E-state index in [1.807, 2.05) is 13.0 Å². The summed E-state index contributed by atoms with van der Waals surface area (Å²) < 4.78 is 0. The number of aromatic amines is 1. The van der Waals surface area contributed by atoms with Crippen LogP contribution in [0.15, 0.2) is 6.07 Å². The first-order chi connectivity index (χ1) is 4.33. The Morgan fingerprint density at radius 2 is 2.67 bits per heavy atom. The number of hydrogen-bond donors (Lipinski definition) is 2. The predicted octanol–water partition coefficient (Wildman–Crippen LogP) is 0.108. The highest BCUT2D eigenvalue weighted by Crippen LogP contribution is 1.96. The summed E-state index contributed by atoms with van der Waals surface area (Å²) in [4.78, 5) is 4.36. The third kappa shape index (κ3) is 1.51. The third-order valence-electron chi connectivity index (χ3n) is 0.990. The van der Waals surface area contributed by atoms with E-state index in [1.165, 1.54) is 0 Å². The maximum atomic E-state index is 4.82. The lowest BCUT2D eigenvalue weighted by Crippen LogP contribution is -1.98. The molecule has 1 rings (SSSR count). The summed E-state index contributed by atoms with van der Waals surface area (Å²) in [7, 11) is 0. The third-order valence-corrected chi connectivity index (χ3v) is 0.990. The Kier molecular flexibility index (Phi) is 1.81. The molecule has 4 nitrogen and oxygen atoms in total. The van der Waals surface area contributed by atoms with Crippen molar-refractivity contribution in [2.24, 2.45) is 5.90 Å². The number of nitrogens with zero attached hydrogens (tertiary/aromatic N) is 1. The van der Waals surface area contributed by atoms with Crippen molar-refractivity contribution in [2.45, 2.75) is 13.5 Å². The molecule has 0 bridgehead atoms. The molecule has 0 aromatic carbocycles. The van der Waals surface area contributed by atoms with E-state index in [0.717, 1.165) is 11.4 Å². The highest BCUT2D eigenvalue weighted by molar-refractivity contribution is 5.04. The summed E-state index contributed by atoms with van der Waals surface area (Å²) in [6, 6.07) is 1.88. The molecule has 0 amide bonds. The van der Waals surface area contributed by atoms with Gasteiger partial charge in [0.25, 0.3) is 0 Å². The monoisotopic (exact) mass is 127 g/mol. The van der Waals surface area contributed by atoms with Crippen molar-refractivity contribution in [3.05, 3.63) is 17.5 Å². The first kappa shape index (κ1) is 6.25. The summed E-state index contributed by atoms with van der Waals surface area (Å²) in [6.45, 7) is 2.29. The van der Waals surface area contributed by atoms with Gasteiger partial charge in [0.2, 0.25) is 0 Å². The Hall–Kier alpha value is -0.870. The molecular formula is C5H9N3O. The number of nitrogens with two attached hydrogens (primary N) is 1. The topological polar surface area (TPSA) is 63.9 Å². The van der Waals surface area contributed by atoms with Crippen LogP contribution in [0.2, 0.25) is 0 Å². The van der Waals surface area contributed by atoms with Gasteiger partial charge >= 0.3 is 0 Å². The average Bonchev–Trinajstić information content (AvgIpc) is 2.17. The van der Waals surface area contributed by atoms with Gasteiger partial charge in [-0.05, 0) is 13.0 Å². The molecule has 4 heteroatoms. The fourth-order valence-electron chi connectivity index (χ4n) is 0.634. The van der Waals surface area contributed by atoms with Crippen molar-refractivity contribution in [3.8, 4) is 0 Å². The Morgan fingerprint density at radius 3 is 3.11 bits per heavy atom. The van der Waals surface area contributed by atoms with Crippen molar-refractivity contribution in [1.82, 2.24) is 10.2 Å². The van der Waals surface area contributed by atoms with Gasteiger partial charge in [-0.3, -0.25) is 9.94 Å². The SMILES string of the molecule is Cc1cc(CON)n[nH]1. The van der Waals surface area contributed by atoms with Crippen molar-refractivity contribution in [2.75, 3.05) is 0 Å². The highest BCUT2D eigenvalue weighted by Gasteiger charge is 1.94. The highest BCUT2D eigenvalue weighted by atomic mass is 16.6. The van der Waals surface area contributed by atoms with Gasteiger partial charge in [-0.1, -0.05) is 0 Å². The molecule has 1 heterocycles. The van der Waals surface area contributed by atoms with Crippen LogP contribution in [0.1, 0.15) is 11.4 Å². The van der Waals surface area contributed by atoms with Gasteiger partial charge in [-0.15, -0.1) is 0 Å². The fourth-order valence-corrected chi connectivity index (χ4v) is 0.634. The molecule has 0 fully saturated rings. The van der Waals surface area contributed by atoms with Gasteiger partial charge in [0.05, 0.1) is 5.69 Å². The minimum absolute atomic E-state index is 0.365. The summed E-state index contributed by atoms with van der Waals surface area (Å²) in [5, 5.41) is 6.64. The first-order valence-corrected chi connectivity index (χ1v) is 2.65. The van der Waals surface area contributed by atoms with Crippen LogP contribution in [0, 0.1) is 6.92 Å². The van der Waals surface area contributed by atoms with E-state index in [-0.39, 0.29) is 0 Å². The molecular weight excluding hydrogens is 118 g/mol. The predicted molar refractivity (Wildman–Crippen MR) is 32.3 cm³/mol. The normalized spacial score (nSPS) is 10.0. The molecule has 0 radical (unpaired) electrons. The first-order valence-electron chi connectivity index (χ1n) is 2.65. The zero-order valence-corrected chi connectivity index (χ0v) is 5.22. The molecule has 0 saturated heterocycles. The summed E-state index contributed by atoms with van der Waals surface area (Å²) in [6.07, 6.45) is 0. The van der Waals surface area contributed by atoms with Gasteiger partial charge in [0, 0.05) is 5.69 Å². The minimum Gasteiger partial charge on any atom is -0.298 e. The van der Waals surface area contributed by atoms with E-state index in [1.54, 1.807) is 0 Å². The second-order valence-corrected chi connectivity index (χ2v) is 1.85. The lowest BCUT2D eigenvalue weighted by atomic mass is 10.4. The van der Waals surface area contributed by atoms with Crippen LogP contribution in [0.25, 0.3) is 0 Å². The van der Waals surface area contributed by atoms with Crippen molar-refractivity contribution in [3.63, 3.8) is 0 Å². The standard InChI is InChI=1S/C5H9N3O/c1-4-2-5(3-9-6)8-7-4/h2H,3,6H2,1H3,(H,7,8). The Labute approximate surface area is 53.0 Å². The zero-order chi connectivity index (χ0) is 6.69. The van der Waals surface area contributed by atoms with E-state index in [4.69, 9.17) is 5.90 Å². The van der Waals surface area contributed by atoms with Crippen LogP contribution in [-0.4, -0.2) is 10.2 Å². The quantitative estimate of drug-likeness (QED) is 0.554. The molecule has 0 aliphatic heterocycles. The minimum atomic E-state index is 0.365. The Bertz CT molecular complexity index is 184. The van der Waals surface area contributed by atoms with Crippen LogP contribution in [0.5, 0.6) is 0 Å². The molecule has 0 saturated carbocycles. The number of H-pyrrole nitrogens is 1. The van der Waals surface area contributed by atoms with Crippen LogP contribution in [0.4, 0.5) is 0 Å². The van der Waals surface area contributed by atoms with Crippen LogP contribution in [0.3, 0.4) is 0 Å². The van der Waals surface area contributed by atoms with Crippen molar-refractivity contribution < 1.29 is 4.84 Å². The maximum Gasteiger partial charge on any atom is 0.112 e. The summed E-state index contributed by atoms with van der Waals surface area (Å²) in [5.41, 5.74) is 1.84. The second kappa shape index (κ2) is 2.61. The Balaban J connectivity index is 2.61. The molecule has 1 aromatic heterocycles. The summed E-state index contributed by atoms with van der Waals surface area (Å²) >= 11 is 0. The average molecular weight is 127 g/mol. The van der Waals surface area contributed by atoms with E-state index in [2.05, 4.69) is 15.0 Å². The van der Waals surface area contributed by atoms with Gasteiger partial charge < -0.3 is 0 Å². The fraction of sp³-hybridized carbons (Fsp3) is 0.400. The lowest BCUT2D eigenvalue weighted by molar-refractivity contribution is 0.121. The van der Waals surface area contributed by atoms with E-state index >= 15 is 0 Å². The van der Waals surface area contributed by atoms with E-state index < -0.39 is 0 Å². The second-order valence-electron chi connectivity index (χ2n) is 1.85. The summed E-state index contributed by atoms with van der Waals surface area (Å²) in [5.74, 6) is 4.82. The molecule has 0 unspecified atom stereocenters. The molecule has 1 aromatic rings. The molecule has 50 valence electrons. The van der Waals surface area contributed by atoms with Crippen molar-refractivity contribution in [1.29, 1.82) is 0 Å². The van der Waals surface area contributed by atoms with E-state index in [9.17, 15) is 0 Å². The largest absolute Gasteiger partial charge is 0.298 e. The molecule has 0 spiro atoms. The number of hydrogen-bond acceptors (Lipinski definition) is 3. The molecule has 9 heavy (non-hydrogen) atoms. The molecule has 3 N–H and O–H groups in total. The smallest absolute Gasteiger partial charge is 0.112 e. The van der Waals surface area contributed by atoms with Crippen LogP contribution < -0.4 is 5.90 Å². The van der Waals surface area contributed by atoms with Crippen molar-refractivity contribution >= 4 is 0 Å². The van der Waals surface area contributed by atoms with Gasteiger partial charge in [-0.2, -0.15) is 5.10 Å². The van der Waals surface area contributed by atoms with Gasteiger partial charge in [0.15, 0.2) is 0 Å². The number of aromatic nitrogens is 2. The van der Waals surface area contributed by atoms with Gasteiger partial charge in [-0.25, -0.2) is 5.90 Å². The van der Waals surface area contributed by atoms with Gasteiger partial charge in [0.1, 0.15) is 6.61 Å². The number of aryl methyl sites for hydroxylation is 1. The Morgan fingerprint density at radius 1 is 1.89 bits per heavy atom. The molecule has 0 aliphatic rings. The molecule has 0 atom stereocenters.